The zero-order chi connectivity index (χ0) is 10.3. The molecule has 1 aromatic carbocycles. The molecule has 80 valence electrons. The third-order valence-electron chi connectivity index (χ3n) is 3.65. The van der Waals surface area contributed by atoms with Gasteiger partial charge >= 0.3 is 0 Å². The minimum atomic E-state index is 0.108. The molecule has 0 unspecified atom stereocenters. The molecule has 0 radical (unpaired) electrons. The fourth-order valence-electron chi connectivity index (χ4n) is 2.90. The lowest BCUT2D eigenvalue weighted by Crippen LogP contribution is -2.29. The molecule has 1 aliphatic carbocycles. The maximum Gasteiger partial charge on any atom is 0.127 e. The van der Waals surface area contributed by atoms with Crippen LogP contribution in [0.5, 0.6) is 11.5 Å². The lowest BCUT2D eigenvalue weighted by Gasteiger charge is -2.22. The Morgan fingerprint density at radius 1 is 1.27 bits per heavy atom. The molecule has 1 fully saturated rings. The summed E-state index contributed by atoms with van der Waals surface area (Å²) >= 11 is 0. The van der Waals surface area contributed by atoms with Gasteiger partial charge in [-0.05, 0) is 37.8 Å². The van der Waals surface area contributed by atoms with Crippen LogP contribution in [0.1, 0.15) is 31.2 Å². The van der Waals surface area contributed by atoms with Gasteiger partial charge in [0.25, 0.3) is 0 Å². The van der Waals surface area contributed by atoms with E-state index < -0.39 is 0 Å². The van der Waals surface area contributed by atoms with Crippen molar-refractivity contribution in [2.24, 2.45) is 0 Å². The molecule has 15 heavy (non-hydrogen) atoms. The minimum Gasteiger partial charge on any atom is -0.496 e. The molecular formula is C13H16O2. The molecule has 1 saturated carbocycles. The zero-order valence-corrected chi connectivity index (χ0v) is 9.08. The van der Waals surface area contributed by atoms with Gasteiger partial charge in [-0.1, -0.05) is 6.07 Å². The summed E-state index contributed by atoms with van der Waals surface area (Å²) in [7, 11) is 1.73. The highest BCUT2D eigenvalue weighted by Crippen LogP contribution is 2.47. The first-order valence-corrected chi connectivity index (χ1v) is 5.68. The quantitative estimate of drug-likeness (QED) is 0.700. The second-order valence-electron chi connectivity index (χ2n) is 4.61. The Hall–Kier alpha value is -1.18. The first-order valence-electron chi connectivity index (χ1n) is 5.68. The average Bonchev–Trinajstić information content (AvgIpc) is 2.84. The predicted molar refractivity (Wildman–Crippen MR) is 58.5 cm³/mol. The number of ether oxygens (including phenoxy) is 2. The number of hydrogen-bond acceptors (Lipinski definition) is 2. The first-order chi connectivity index (χ1) is 7.33. The summed E-state index contributed by atoms with van der Waals surface area (Å²) in [6, 6.07) is 6.09. The molecule has 0 aromatic heterocycles. The molecule has 1 aliphatic heterocycles. The van der Waals surface area contributed by atoms with Crippen molar-refractivity contribution in [3.05, 3.63) is 23.8 Å². The lowest BCUT2D eigenvalue weighted by atomic mass is 9.95. The highest BCUT2D eigenvalue weighted by atomic mass is 16.5. The molecule has 0 atom stereocenters. The Bertz CT molecular complexity index is 378. The van der Waals surface area contributed by atoms with E-state index in [0.717, 1.165) is 17.9 Å². The molecule has 1 heterocycles. The molecule has 2 nitrogen and oxygen atoms in total. The second kappa shape index (κ2) is 3.16. The summed E-state index contributed by atoms with van der Waals surface area (Å²) in [5.41, 5.74) is 1.37. The van der Waals surface area contributed by atoms with Gasteiger partial charge in [0.2, 0.25) is 0 Å². The van der Waals surface area contributed by atoms with Gasteiger partial charge in [-0.2, -0.15) is 0 Å². The fourth-order valence-corrected chi connectivity index (χ4v) is 2.90. The van der Waals surface area contributed by atoms with E-state index >= 15 is 0 Å². The highest BCUT2D eigenvalue weighted by molar-refractivity contribution is 5.49. The number of benzene rings is 1. The Labute approximate surface area is 90.2 Å². The average molecular weight is 204 g/mol. The third-order valence-corrected chi connectivity index (χ3v) is 3.65. The van der Waals surface area contributed by atoms with Gasteiger partial charge in [0, 0.05) is 12.0 Å². The SMILES string of the molecule is COc1cccc2c1CC1(CCCC1)O2. The Balaban J connectivity index is 1.98. The predicted octanol–water partition coefficient (Wildman–Crippen LogP) is 2.94. The van der Waals surface area contributed by atoms with Crippen LogP contribution in [0.4, 0.5) is 0 Å². The summed E-state index contributed by atoms with van der Waals surface area (Å²) in [5, 5.41) is 0. The van der Waals surface area contributed by atoms with E-state index in [1.54, 1.807) is 7.11 Å². The summed E-state index contributed by atoms with van der Waals surface area (Å²) in [5.74, 6) is 2.02. The van der Waals surface area contributed by atoms with Gasteiger partial charge in [-0.25, -0.2) is 0 Å². The fraction of sp³-hybridized carbons (Fsp3) is 0.538. The van der Waals surface area contributed by atoms with E-state index in [9.17, 15) is 0 Å². The Morgan fingerprint density at radius 3 is 2.80 bits per heavy atom. The van der Waals surface area contributed by atoms with Crippen LogP contribution >= 0.6 is 0 Å². The van der Waals surface area contributed by atoms with Crippen LogP contribution in [0.15, 0.2) is 18.2 Å². The van der Waals surface area contributed by atoms with Crippen LogP contribution in [0, 0.1) is 0 Å². The van der Waals surface area contributed by atoms with Crippen LogP contribution in [0.3, 0.4) is 0 Å². The molecule has 0 amide bonds. The molecule has 2 heteroatoms. The van der Waals surface area contributed by atoms with Crippen molar-refractivity contribution < 1.29 is 9.47 Å². The van der Waals surface area contributed by atoms with Crippen LogP contribution in [-0.2, 0) is 6.42 Å². The molecule has 3 rings (SSSR count). The summed E-state index contributed by atoms with van der Waals surface area (Å²) < 4.78 is 11.5. The largest absolute Gasteiger partial charge is 0.496 e. The first kappa shape index (κ1) is 9.08. The monoisotopic (exact) mass is 204 g/mol. The van der Waals surface area contributed by atoms with Crippen LogP contribution < -0.4 is 9.47 Å². The van der Waals surface area contributed by atoms with Gasteiger partial charge in [-0.3, -0.25) is 0 Å². The van der Waals surface area contributed by atoms with E-state index in [1.165, 1.54) is 31.2 Å². The molecule has 0 bridgehead atoms. The molecular weight excluding hydrogens is 188 g/mol. The molecule has 0 saturated heterocycles. The van der Waals surface area contributed by atoms with Crippen molar-refractivity contribution in [2.45, 2.75) is 37.7 Å². The van der Waals surface area contributed by atoms with Crippen LogP contribution in [-0.4, -0.2) is 12.7 Å². The number of hydrogen-bond donors (Lipinski definition) is 0. The van der Waals surface area contributed by atoms with Crippen LogP contribution in [0.25, 0.3) is 0 Å². The van der Waals surface area contributed by atoms with Crippen molar-refractivity contribution in [3.8, 4) is 11.5 Å². The van der Waals surface area contributed by atoms with Gasteiger partial charge in [0.1, 0.15) is 17.1 Å². The normalized spacial score (nSPS) is 21.4. The molecule has 1 spiro atoms. The Kier molecular flexibility index (Phi) is 1.91. The second-order valence-corrected chi connectivity index (χ2v) is 4.61. The maximum absolute atomic E-state index is 6.12. The zero-order valence-electron chi connectivity index (χ0n) is 9.08. The number of rotatable bonds is 1. The number of methoxy groups -OCH3 is 1. The van der Waals surface area contributed by atoms with Gasteiger partial charge in [0.05, 0.1) is 7.11 Å². The van der Waals surface area contributed by atoms with Gasteiger partial charge in [-0.15, -0.1) is 0 Å². The summed E-state index contributed by atoms with van der Waals surface area (Å²) in [6.07, 6.45) is 6.04. The third kappa shape index (κ3) is 1.31. The van der Waals surface area contributed by atoms with Crippen LogP contribution in [0.2, 0.25) is 0 Å². The minimum absolute atomic E-state index is 0.108. The summed E-state index contributed by atoms with van der Waals surface area (Å²) in [6.45, 7) is 0. The standard InChI is InChI=1S/C13H16O2/c1-14-11-5-4-6-12-10(11)9-13(15-12)7-2-3-8-13/h4-6H,2-3,7-9H2,1H3. The van der Waals surface area contributed by atoms with E-state index in [-0.39, 0.29) is 5.60 Å². The molecule has 0 N–H and O–H groups in total. The van der Waals surface area contributed by atoms with Crippen molar-refractivity contribution in [1.82, 2.24) is 0 Å². The summed E-state index contributed by atoms with van der Waals surface area (Å²) in [4.78, 5) is 0. The molecule has 2 aliphatic rings. The maximum atomic E-state index is 6.12. The van der Waals surface area contributed by atoms with E-state index in [0.29, 0.717) is 0 Å². The van der Waals surface area contributed by atoms with Crippen molar-refractivity contribution in [2.75, 3.05) is 7.11 Å². The van der Waals surface area contributed by atoms with Crippen molar-refractivity contribution >= 4 is 0 Å². The van der Waals surface area contributed by atoms with Crippen molar-refractivity contribution in [1.29, 1.82) is 0 Å². The van der Waals surface area contributed by atoms with Gasteiger partial charge in [0.15, 0.2) is 0 Å². The van der Waals surface area contributed by atoms with E-state index in [1.807, 2.05) is 12.1 Å². The van der Waals surface area contributed by atoms with E-state index in [2.05, 4.69) is 6.07 Å². The molecule has 1 aromatic rings. The smallest absolute Gasteiger partial charge is 0.127 e. The van der Waals surface area contributed by atoms with Gasteiger partial charge < -0.3 is 9.47 Å². The Morgan fingerprint density at radius 2 is 2.07 bits per heavy atom. The number of fused-ring (bicyclic) bond motifs is 1. The van der Waals surface area contributed by atoms with E-state index in [4.69, 9.17) is 9.47 Å². The lowest BCUT2D eigenvalue weighted by molar-refractivity contribution is 0.103. The highest BCUT2D eigenvalue weighted by Gasteiger charge is 2.42. The topological polar surface area (TPSA) is 18.5 Å². The van der Waals surface area contributed by atoms with Crippen molar-refractivity contribution in [3.63, 3.8) is 0 Å².